The second kappa shape index (κ2) is 5.53. The summed E-state index contributed by atoms with van der Waals surface area (Å²) in [7, 11) is 0. The molecule has 1 aliphatic heterocycles. The maximum Gasteiger partial charge on any atom is 0.416 e. The lowest BCUT2D eigenvalue weighted by atomic mass is 9.91. The number of alkyl halides is 3. The second-order valence-corrected chi connectivity index (χ2v) is 5.58. The standard InChI is InChI=1S/C14H15F4N.ClH/c15-11-1-2-13(14(16,17)18)12(5-11)8-3-9-6-19-7-10(9)4-8;/h1-2,5,8-10,19H,3-4,6-7H2;1H/t8-,9-,10+;. The van der Waals surface area contributed by atoms with E-state index in [9.17, 15) is 17.6 Å². The third-order valence-electron chi connectivity index (χ3n) is 4.41. The predicted octanol–water partition coefficient (Wildman–Crippen LogP) is 3.98. The molecule has 1 aliphatic carbocycles. The first-order chi connectivity index (χ1) is 8.95. The molecule has 3 rings (SSSR count). The molecule has 3 atom stereocenters. The van der Waals surface area contributed by atoms with Gasteiger partial charge in [-0.15, -0.1) is 12.4 Å². The lowest BCUT2D eigenvalue weighted by Gasteiger charge is -2.18. The monoisotopic (exact) mass is 309 g/mol. The molecule has 0 spiro atoms. The van der Waals surface area contributed by atoms with Crippen molar-refractivity contribution in [3.05, 3.63) is 35.1 Å². The van der Waals surface area contributed by atoms with Gasteiger partial charge in [-0.3, -0.25) is 0 Å². The number of hydrogen-bond acceptors (Lipinski definition) is 1. The van der Waals surface area contributed by atoms with E-state index in [4.69, 9.17) is 0 Å². The van der Waals surface area contributed by atoms with E-state index in [0.717, 1.165) is 44.1 Å². The number of rotatable bonds is 1. The number of halogens is 5. The Bertz CT molecular complexity index is 477. The summed E-state index contributed by atoms with van der Waals surface area (Å²) in [5, 5.41) is 3.26. The van der Waals surface area contributed by atoms with Gasteiger partial charge in [-0.1, -0.05) is 0 Å². The van der Waals surface area contributed by atoms with E-state index >= 15 is 0 Å². The van der Waals surface area contributed by atoms with Gasteiger partial charge in [-0.2, -0.15) is 13.2 Å². The van der Waals surface area contributed by atoms with Gasteiger partial charge >= 0.3 is 6.18 Å². The van der Waals surface area contributed by atoms with Gasteiger partial charge in [0, 0.05) is 0 Å². The smallest absolute Gasteiger partial charge is 0.316 e. The van der Waals surface area contributed by atoms with Gasteiger partial charge in [-0.05, 0) is 67.4 Å². The Morgan fingerprint density at radius 3 is 2.20 bits per heavy atom. The van der Waals surface area contributed by atoms with Crippen LogP contribution in [0.15, 0.2) is 18.2 Å². The predicted molar refractivity (Wildman–Crippen MR) is 70.5 cm³/mol. The van der Waals surface area contributed by atoms with Gasteiger partial charge in [0.1, 0.15) is 5.82 Å². The Labute approximate surface area is 121 Å². The van der Waals surface area contributed by atoms with Crippen LogP contribution in [0.25, 0.3) is 0 Å². The molecule has 1 aromatic carbocycles. The van der Waals surface area contributed by atoms with Crippen molar-refractivity contribution in [2.45, 2.75) is 24.9 Å². The summed E-state index contributed by atoms with van der Waals surface area (Å²) in [6.07, 6.45) is -2.95. The minimum atomic E-state index is -4.40. The molecule has 0 amide bonds. The highest BCUT2D eigenvalue weighted by atomic mass is 35.5. The summed E-state index contributed by atoms with van der Waals surface area (Å²) in [6.45, 7) is 1.75. The maximum atomic E-state index is 13.3. The first kappa shape index (κ1) is 15.6. The Morgan fingerprint density at radius 1 is 1.05 bits per heavy atom. The van der Waals surface area contributed by atoms with Crippen molar-refractivity contribution in [3.8, 4) is 0 Å². The van der Waals surface area contributed by atoms with Crippen molar-refractivity contribution in [3.63, 3.8) is 0 Å². The van der Waals surface area contributed by atoms with E-state index in [1.807, 2.05) is 0 Å². The fourth-order valence-corrected chi connectivity index (χ4v) is 3.55. The van der Waals surface area contributed by atoms with Crippen LogP contribution in [-0.2, 0) is 6.18 Å². The highest BCUT2D eigenvalue weighted by Crippen LogP contribution is 2.47. The fourth-order valence-electron chi connectivity index (χ4n) is 3.55. The largest absolute Gasteiger partial charge is 0.416 e. The SMILES string of the molecule is Cl.Fc1ccc(C(F)(F)F)c([C@H]2C[C@H]3CNC[C@H]3C2)c1. The Kier molecular flexibility index (Phi) is 4.30. The van der Waals surface area contributed by atoms with Crippen molar-refractivity contribution in [1.29, 1.82) is 0 Å². The zero-order chi connectivity index (χ0) is 13.6. The lowest BCUT2D eigenvalue weighted by molar-refractivity contribution is -0.138. The summed E-state index contributed by atoms with van der Waals surface area (Å²) in [4.78, 5) is 0. The van der Waals surface area contributed by atoms with Crippen LogP contribution in [0.1, 0.15) is 29.9 Å². The van der Waals surface area contributed by atoms with Crippen molar-refractivity contribution in [2.75, 3.05) is 13.1 Å². The molecule has 1 saturated heterocycles. The third-order valence-corrected chi connectivity index (χ3v) is 4.41. The van der Waals surface area contributed by atoms with Crippen LogP contribution in [0.2, 0.25) is 0 Å². The van der Waals surface area contributed by atoms with Crippen LogP contribution in [0.4, 0.5) is 17.6 Å². The summed E-state index contributed by atoms with van der Waals surface area (Å²) < 4.78 is 52.3. The van der Waals surface area contributed by atoms with Gasteiger partial charge in [0.05, 0.1) is 5.56 Å². The summed E-state index contributed by atoms with van der Waals surface area (Å²) >= 11 is 0. The first-order valence-corrected chi connectivity index (χ1v) is 6.52. The number of benzene rings is 1. The quantitative estimate of drug-likeness (QED) is 0.774. The van der Waals surface area contributed by atoms with E-state index in [0.29, 0.717) is 11.8 Å². The molecule has 1 heterocycles. The molecule has 1 nitrogen and oxygen atoms in total. The molecule has 6 heteroatoms. The van der Waals surface area contributed by atoms with Crippen LogP contribution in [0.5, 0.6) is 0 Å². The molecular weight excluding hydrogens is 294 g/mol. The van der Waals surface area contributed by atoms with Crippen LogP contribution in [-0.4, -0.2) is 13.1 Å². The number of fused-ring (bicyclic) bond motifs is 1. The van der Waals surface area contributed by atoms with Gasteiger partial charge in [0.15, 0.2) is 0 Å². The van der Waals surface area contributed by atoms with E-state index in [1.54, 1.807) is 0 Å². The topological polar surface area (TPSA) is 12.0 Å². The molecule has 20 heavy (non-hydrogen) atoms. The van der Waals surface area contributed by atoms with Crippen LogP contribution >= 0.6 is 12.4 Å². The Balaban J connectivity index is 0.00000147. The molecule has 0 bridgehead atoms. The molecule has 1 saturated carbocycles. The van der Waals surface area contributed by atoms with Crippen LogP contribution in [0, 0.1) is 17.7 Å². The van der Waals surface area contributed by atoms with Crippen molar-refractivity contribution in [2.24, 2.45) is 11.8 Å². The van der Waals surface area contributed by atoms with Gasteiger partial charge < -0.3 is 5.32 Å². The van der Waals surface area contributed by atoms with Gasteiger partial charge in [0.2, 0.25) is 0 Å². The van der Waals surface area contributed by atoms with Crippen molar-refractivity contribution in [1.82, 2.24) is 5.32 Å². The van der Waals surface area contributed by atoms with Crippen molar-refractivity contribution < 1.29 is 17.6 Å². The van der Waals surface area contributed by atoms with Crippen LogP contribution in [0.3, 0.4) is 0 Å². The lowest BCUT2D eigenvalue weighted by Crippen LogP contribution is -2.15. The minimum Gasteiger partial charge on any atom is -0.316 e. The molecule has 0 radical (unpaired) electrons. The summed E-state index contributed by atoms with van der Waals surface area (Å²) in [5.41, 5.74) is -0.534. The van der Waals surface area contributed by atoms with Gasteiger partial charge in [-0.25, -0.2) is 4.39 Å². The molecule has 2 aliphatic rings. The highest BCUT2D eigenvalue weighted by Gasteiger charge is 2.42. The fraction of sp³-hybridized carbons (Fsp3) is 0.571. The molecule has 0 aromatic heterocycles. The number of hydrogen-bond donors (Lipinski definition) is 1. The number of nitrogens with one attached hydrogen (secondary N) is 1. The molecule has 1 aromatic rings. The molecular formula is C14H16ClF4N. The maximum absolute atomic E-state index is 13.3. The molecule has 2 fully saturated rings. The normalized spacial score (nSPS) is 29.1. The second-order valence-electron chi connectivity index (χ2n) is 5.58. The summed E-state index contributed by atoms with van der Waals surface area (Å²) in [6, 6.07) is 2.84. The highest BCUT2D eigenvalue weighted by molar-refractivity contribution is 5.85. The zero-order valence-electron chi connectivity index (χ0n) is 10.7. The van der Waals surface area contributed by atoms with E-state index in [1.165, 1.54) is 0 Å². The van der Waals surface area contributed by atoms with E-state index in [2.05, 4.69) is 5.32 Å². The van der Waals surface area contributed by atoms with Crippen molar-refractivity contribution >= 4 is 12.4 Å². The van der Waals surface area contributed by atoms with E-state index in [-0.39, 0.29) is 23.9 Å². The summed E-state index contributed by atoms with van der Waals surface area (Å²) in [5.74, 6) is 0.131. The van der Waals surface area contributed by atoms with Crippen LogP contribution < -0.4 is 5.32 Å². The molecule has 1 N–H and O–H groups in total. The average Bonchev–Trinajstić information content (AvgIpc) is 2.86. The first-order valence-electron chi connectivity index (χ1n) is 6.52. The van der Waals surface area contributed by atoms with Gasteiger partial charge in [0.25, 0.3) is 0 Å². The third kappa shape index (κ3) is 2.79. The van der Waals surface area contributed by atoms with E-state index < -0.39 is 17.6 Å². The molecule has 0 unspecified atom stereocenters. The Hall–Kier alpha value is -0.810. The molecule has 112 valence electrons. The Morgan fingerprint density at radius 2 is 1.65 bits per heavy atom. The minimum absolute atomic E-state index is 0. The zero-order valence-corrected chi connectivity index (χ0v) is 11.5. The average molecular weight is 310 g/mol.